The van der Waals surface area contributed by atoms with Gasteiger partial charge in [0.15, 0.2) is 0 Å². The predicted molar refractivity (Wildman–Crippen MR) is 60.1 cm³/mol. The number of rotatable bonds is 4. The van der Waals surface area contributed by atoms with Gasteiger partial charge >= 0.3 is 88.6 Å². The van der Waals surface area contributed by atoms with Crippen LogP contribution in [-0.2, 0) is 0 Å². The first-order valence-corrected chi connectivity index (χ1v) is 5.70. The van der Waals surface area contributed by atoms with Gasteiger partial charge in [0.25, 0.3) is 0 Å². The van der Waals surface area contributed by atoms with Crippen LogP contribution >= 0.6 is 0 Å². The van der Waals surface area contributed by atoms with Crippen molar-refractivity contribution < 1.29 is 0 Å². The van der Waals surface area contributed by atoms with Gasteiger partial charge in [0.2, 0.25) is 0 Å². The molecule has 2 heteroatoms. The first-order chi connectivity index (χ1) is 6.29. The summed E-state index contributed by atoms with van der Waals surface area (Å²) in [5.41, 5.74) is 1.37. The summed E-state index contributed by atoms with van der Waals surface area (Å²) in [5.74, 6) is 0. The van der Waals surface area contributed by atoms with Crippen LogP contribution in [0.15, 0.2) is 24.3 Å². The molecule has 1 fully saturated rings. The Morgan fingerprint density at radius 1 is 1.46 bits per heavy atom. The van der Waals surface area contributed by atoms with Crippen LogP contribution in [-0.4, -0.2) is 38.1 Å². The van der Waals surface area contributed by atoms with Crippen molar-refractivity contribution in [2.45, 2.75) is 26.2 Å². The van der Waals surface area contributed by atoms with Crippen molar-refractivity contribution in [2.75, 3.05) is 13.1 Å². The first kappa shape index (κ1) is 10.7. The Labute approximate surface area is 88.9 Å². The maximum atomic E-state index is 3.77. The Balaban J connectivity index is 2.58. The quantitative estimate of drug-likeness (QED) is 0.537. The van der Waals surface area contributed by atoms with Crippen LogP contribution in [0.3, 0.4) is 0 Å². The summed E-state index contributed by atoms with van der Waals surface area (Å²) in [6.45, 7) is 8.27. The van der Waals surface area contributed by atoms with Crippen molar-refractivity contribution in [1.82, 2.24) is 4.90 Å². The van der Waals surface area contributed by atoms with E-state index in [1.807, 2.05) is 6.08 Å². The van der Waals surface area contributed by atoms with Crippen molar-refractivity contribution >= 4 is 20.1 Å². The van der Waals surface area contributed by atoms with Crippen LogP contribution < -0.4 is 0 Å². The molecule has 0 amide bonds. The zero-order chi connectivity index (χ0) is 9.68. The summed E-state index contributed by atoms with van der Waals surface area (Å²) in [5, 5.41) is 0. The van der Waals surface area contributed by atoms with Crippen molar-refractivity contribution in [2.24, 2.45) is 0 Å². The Kier molecular flexibility index (Phi) is 4.47. The van der Waals surface area contributed by atoms with E-state index in [0.29, 0.717) is 0 Å². The molecule has 1 saturated heterocycles. The number of likely N-dealkylation sites (tertiary alicyclic amines) is 1. The summed E-state index contributed by atoms with van der Waals surface area (Å²) in [7, 11) is 0. The van der Waals surface area contributed by atoms with Crippen LogP contribution in [0.2, 0.25) is 0 Å². The molecule has 13 heavy (non-hydrogen) atoms. The van der Waals surface area contributed by atoms with E-state index in [2.05, 4.69) is 40.1 Å². The minimum absolute atomic E-state index is 0.968. The molecule has 0 aromatic heterocycles. The molecule has 0 aliphatic carbocycles. The van der Waals surface area contributed by atoms with Gasteiger partial charge in [0, 0.05) is 0 Å². The van der Waals surface area contributed by atoms with Crippen molar-refractivity contribution in [3.8, 4) is 0 Å². The van der Waals surface area contributed by atoms with E-state index < -0.39 is 0 Å². The Morgan fingerprint density at radius 3 is 2.54 bits per heavy atom. The number of hydrogen-bond acceptors (Lipinski definition) is 1. The second-order valence-electron chi connectivity index (χ2n) is 3.31. The molecule has 0 saturated carbocycles. The second kappa shape index (κ2) is 5.41. The molecule has 72 valence electrons. The molecule has 1 rings (SSSR count). The van der Waals surface area contributed by atoms with Gasteiger partial charge < -0.3 is 0 Å². The van der Waals surface area contributed by atoms with E-state index >= 15 is 0 Å². The fourth-order valence-corrected chi connectivity index (χ4v) is 2.41. The van der Waals surface area contributed by atoms with Crippen molar-refractivity contribution in [3.05, 3.63) is 24.3 Å². The molecular weight excluding hydrogens is 225 g/mol. The topological polar surface area (TPSA) is 3.24 Å². The molecule has 0 aromatic rings. The standard InChI is InChI=1S/C11H17NSe/c1-3-7-10(4-2)11(13)12-8-5-6-9-12/h3-4H,1,5-9H2,2H3/b10-4-. The molecule has 0 bridgehead atoms. The summed E-state index contributed by atoms with van der Waals surface area (Å²) >= 11 is 3.18. The fraction of sp³-hybridized carbons (Fsp3) is 0.545. The predicted octanol–water partition coefficient (Wildman–Crippen LogP) is 1.90. The molecule has 1 nitrogen and oxygen atoms in total. The molecule has 0 N–H and O–H groups in total. The molecule has 0 radical (unpaired) electrons. The Hall–Kier alpha value is -0.331. The monoisotopic (exact) mass is 243 g/mol. The average molecular weight is 242 g/mol. The van der Waals surface area contributed by atoms with Gasteiger partial charge in [-0.25, -0.2) is 0 Å². The van der Waals surface area contributed by atoms with Crippen LogP contribution in [0, 0.1) is 0 Å². The third-order valence-corrected chi connectivity index (χ3v) is 3.47. The molecule has 1 aliphatic heterocycles. The Morgan fingerprint density at radius 2 is 2.08 bits per heavy atom. The molecular formula is C11H17NSe. The summed E-state index contributed by atoms with van der Waals surface area (Å²) < 4.78 is 1.32. The van der Waals surface area contributed by atoms with Crippen molar-refractivity contribution in [3.63, 3.8) is 0 Å². The second-order valence-corrected chi connectivity index (χ2v) is 4.12. The van der Waals surface area contributed by atoms with Crippen LogP contribution in [0.5, 0.6) is 0 Å². The van der Waals surface area contributed by atoms with Crippen LogP contribution in [0.1, 0.15) is 26.2 Å². The molecule has 0 spiro atoms. The zero-order valence-electron chi connectivity index (χ0n) is 8.25. The van der Waals surface area contributed by atoms with Crippen LogP contribution in [0.4, 0.5) is 0 Å². The summed E-state index contributed by atoms with van der Waals surface area (Å²) in [6.07, 6.45) is 7.76. The zero-order valence-corrected chi connectivity index (χ0v) is 9.97. The molecule has 1 aliphatic rings. The Bertz CT molecular complexity index is 224. The fourth-order valence-electron chi connectivity index (χ4n) is 1.61. The van der Waals surface area contributed by atoms with Gasteiger partial charge in [-0.1, -0.05) is 0 Å². The molecule has 0 aromatic carbocycles. The molecule has 0 atom stereocenters. The van der Waals surface area contributed by atoms with Gasteiger partial charge in [-0.15, -0.1) is 0 Å². The first-order valence-electron chi connectivity index (χ1n) is 4.85. The van der Waals surface area contributed by atoms with Gasteiger partial charge in [-0.05, 0) is 0 Å². The third-order valence-electron chi connectivity index (χ3n) is 2.38. The van der Waals surface area contributed by atoms with E-state index in [1.54, 1.807) is 0 Å². The maximum absolute atomic E-state index is 3.77. The normalized spacial score (nSPS) is 17.6. The van der Waals surface area contributed by atoms with Gasteiger partial charge in [0.05, 0.1) is 0 Å². The van der Waals surface area contributed by atoms with Gasteiger partial charge in [-0.3, -0.25) is 0 Å². The molecule has 1 heterocycles. The number of allylic oxidation sites excluding steroid dienone is 2. The van der Waals surface area contributed by atoms with E-state index in [9.17, 15) is 0 Å². The van der Waals surface area contributed by atoms with Crippen molar-refractivity contribution in [1.29, 1.82) is 0 Å². The van der Waals surface area contributed by atoms with E-state index in [1.165, 1.54) is 36.0 Å². The summed E-state index contributed by atoms with van der Waals surface area (Å²) in [6, 6.07) is 0. The minimum atomic E-state index is 0.968. The van der Waals surface area contributed by atoms with Gasteiger partial charge in [0.1, 0.15) is 0 Å². The van der Waals surface area contributed by atoms with E-state index in [-0.39, 0.29) is 0 Å². The summed E-state index contributed by atoms with van der Waals surface area (Å²) in [4.78, 5) is 2.43. The van der Waals surface area contributed by atoms with Crippen LogP contribution in [0.25, 0.3) is 0 Å². The van der Waals surface area contributed by atoms with E-state index in [0.717, 1.165) is 6.42 Å². The SMILES string of the molecule is C=CC/C(=C/C)C(=[Se])N1CCCC1. The number of hydrogen-bond donors (Lipinski definition) is 0. The number of nitrogens with zero attached hydrogens (tertiary/aromatic N) is 1. The van der Waals surface area contributed by atoms with Gasteiger partial charge in [-0.2, -0.15) is 0 Å². The molecule has 0 unspecified atom stereocenters. The third kappa shape index (κ3) is 2.82. The average Bonchev–Trinajstić information content (AvgIpc) is 2.65. The van der Waals surface area contributed by atoms with E-state index in [4.69, 9.17) is 0 Å².